The Morgan fingerprint density at radius 3 is 2.63 bits per heavy atom. The van der Waals surface area contributed by atoms with Crippen molar-refractivity contribution in [1.29, 1.82) is 0 Å². The number of carbonyl (C=O) groups is 1. The van der Waals surface area contributed by atoms with E-state index in [0.717, 1.165) is 5.56 Å². The Hall–Kier alpha value is -1.42. The molecule has 1 aromatic carbocycles. The van der Waals surface area contributed by atoms with Gasteiger partial charge in [0.15, 0.2) is 0 Å². The summed E-state index contributed by atoms with van der Waals surface area (Å²) < 4.78 is 13.3. The van der Waals surface area contributed by atoms with E-state index in [4.69, 9.17) is 0 Å². The van der Waals surface area contributed by atoms with Gasteiger partial charge in [-0.05, 0) is 30.0 Å². The summed E-state index contributed by atoms with van der Waals surface area (Å²) in [6.07, 6.45) is -0.238. The molecule has 0 aromatic heterocycles. The van der Waals surface area contributed by atoms with Crippen molar-refractivity contribution in [2.45, 2.75) is 39.9 Å². The van der Waals surface area contributed by atoms with Crippen molar-refractivity contribution < 1.29 is 9.18 Å². The third-order valence-corrected chi connectivity index (χ3v) is 3.18. The van der Waals surface area contributed by atoms with Gasteiger partial charge in [-0.15, -0.1) is 0 Å². The molecule has 1 fully saturated rings. The summed E-state index contributed by atoms with van der Waals surface area (Å²) in [5.41, 5.74) is 0.800. The van der Waals surface area contributed by atoms with Gasteiger partial charge in [-0.25, -0.2) is 4.39 Å². The van der Waals surface area contributed by atoms with Crippen molar-refractivity contribution in [3.63, 3.8) is 0 Å². The maximum Gasteiger partial charge on any atom is 0.241 e. The molecule has 0 saturated carbocycles. The van der Waals surface area contributed by atoms with Gasteiger partial charge in [0.05, 0.1) is 6.04 Å². The second kappa shape index (κ2) is 4.93. The zero-order chi connectivity index (χ0) is 14.2. The molecule has 1 saturated heterocycles. The van der Waals surface area contributed by atoms with E-state index in [1.54, 1.807) is 11.0 Å². The highest BCUT2D eigenvalue weighted by molar-refractivity contribution is 5.84. The minimum atomic E-state index is -0.276. The van der Waals surface area contributed by atoms with E-state index in [-0.39, 0.29) is 29.3 Å². The highest BCUT2D eigenvalue weighted by atomic mass is 19.1. The van der Waals surface area contributed by atoms with Crippen LogP contribution in [0, 0.1) is 11.2 Å². The molecule has 0 bridgehead atoms. The van der Waals surface area contributed by atoms with Crippen molar-refractivity contribution in [3.05, 3.63) is 35.6 Å². The van der Waals surface area contributed by atoms with Crippen LogP contribution in [0.5, 0.6) is 0 Å². The van der Waals surface area contributed by atoms with Crippen LogP contribution < -0.4 is 5.32 Å². The number of nitrogens with zero attached hydrogens (tertiary/aromatic N) is 1. The first-order chi connectivity index (χ1) is 8.78. The lowest BCUT2D eigenvalue weighted by Gasteiger charge is -2.31. The van der Waals surface area contributed by atoms with Crippen LogP contribution in [-0.2, 0) is 4.79 Å². The molecule has 0 radical (unpaired) electrons. The largest absolute Gasteiger partial charge is 0.321 e. The molecule has 0 aliphatic carbocycles. The second-order valence-electron chi connectivity index (χ2n) is 6.37. The zero-order valence-corrected chi connectivity index (χ0v) is 11.9. The molecule has 4 heteroatoms. The minimum absolute atomic E-state index is 0.00692. The van der Waals surface area contributed by atoms with Crippen molar-refractivity contribution in [2.24, 2.45) is 5.41 Å². The predicted octanol–water partition coefficient (Wildman–Crippen LogP) is 2.69. The van der Waals surface area contributed by atoms with Crippen LogP contribution in [0.1, 0.15) is 39.4 Å². The molecule has 1 N–H and O–H groups in total. The Labute approximate surface area is 113 Å². The lowest BCUT2D eigenvalue weighted by Crippen LogP contribution is -2.37. The Morgan fingerprint density at radius 2 is 2.05 bits per heavy atom. The fourth-order valence-corrected chi connectivity index (χ4v) is 2.41. The molecule has 1 heterocycles. The van der Waals surface area contributed by atoms with E-state index in [0.29, 0.717) is 6.54 Å². The first kappa shape index (κ1) is 14.0. The van der Waals surface area contributed by atoms with Crippen LogP contribution in [0.2, 0.25) is 0 Å². The zero-order valence-electron chi connectivity index (χ0n) is 11.9. The third-order valence-electron chi connectivity index (χ3n) is 3.18. The van der Waals surface area contributed by atoms with Gasteiger partial charge in [0.25, 0.3) is 0 Å². The molecule has 2 atom stereocenters. The van der Waals surface area contributed by atoms with Crippen molar-refractivity contribution in [3.8, 4) is 0 Å². The number of nitrogens with one attached hydrogen (secondary N) is 1. The van der Waals surface area contributed by atoms with Crippen LogP contribution in [-0.4, -0.2) is 23.4 Å². The Kier molecular flexibility index (Phi) is 3.63. The summed E-state index contributed by atoms with van der Waals surface area (Å²) in [4.78, 5) is 14.0. The number of halogens is 1. The molecular formula is C15H21FN2O. The van der Waals surface area contributed by atoms with Gasteiger partial charge in [-0.2, -0.15) is 0 Å². The predicted molar refractivity (Wildman–Crippen MR) is 72.9 cm³/mol. The second-order valence-corrected chi connectivity index (χ2v) is 6.37. The molecule has 19 heavy (non-hydrogen) atoms. The molecule has 1 amide bonds. The van der Waals surface area contributed by atoms with Crippen molar-refractivity contribution in [2.75, 3.05) is 6.54 Å². The minimum Gasteiger partial charge on any atom is -0.321 e. The first-order valence-electron chi connectivity index (χ1n) is 6.60. The maximum absolute atomic E-state index is 13.3. The van der Waals surface area contributed by atoms with Gasteiger partial charge >= 0.3 is 0 Å². The van der Waals surface area contributed by atoms with Gasteiger partial charge in [-0.1, -0.05) is 32.9 Å². The highest BCUT2D eigenvalue weighted by Gasteiger charge is 2.38. The molecule has 1 aromatic rings. The van der Waals surface area contributed by atoms with E-state index in [9.17, 15) is 9.18 Å². The number of benzene rings is 1. The molecule has 0 spiro atoms. The number of hydrogen-bond acceptors (Lipinski definition) is 2. The smallest absolute Gasteiger partial charge is 0.241 e. The van der Waals surface area contributed by atoms with Crippen LogP contribution >= 0.6 is 0 Å². The highest BCUT2D eigenvalue weighted by Crippen LogP contribution is 2.29. The summed E-state index contributed by atoms with van der Waals surface area (Å²) in [5, 5.41) is 3.23. The maximum atomic E-state index is 13.3. The van der Waals surface area contributed by atoms with Gasteiger partial charge in [0.2, 0.25) is 5.91 Å². The standard InChI is InChI=1S/C15H21FN2O/c1-10-14(19)18(9-15(2,3)4)13(17-10)11-6-5-7-12(16)8-11/h5-8,10,13,17H,9H2,1-4H3. The summed E-state index contributed by atoms with van der Waals surface area (Å²) >= 11 is 0. The summed E-state index contributed by atoms with van der Waals surface area (Å²) in [6.45, 7) is 8.76. The quantitative estimate of drug-likeness (QED) is 0.890. The van der Waals surface area contributed by atoms with Crippen molar-refractivity contribution >= 4 is 5.91 Å². The molecule has 1 aliphatic heterocycles. The van der Waals surface area contributed by atoms with Crippen molar-refractivity contribution in [1.82, 2.24) is 10.2 Å². The Morgan fingerprint density at radius 1 is 1.37 bits per heavy atom. The average molecular weight is 264 g/mol. The summed E-state index contributed by atoms with van der Waals surface area (Å²) in [7, 11) is 0. The van der Waals surface area contributed by atoms with Gasteiger partial charge < -0.3 is 4.90 Å². The van der Waals surface area contributed by atoms with E-state index in [2.05, 4.69) is 26.1 Å². The number of rotatable bonds is 2. The molecule has 104 valence electrons. The van der Waals surface area contributed by atoms with Crippen LogP contribution in [0.15, 0.2) is 24.3 Å². The normalized spacial score (nSPS) is 24.1. The van der Waals surface area contributed by atoms with E-state index in [1.165, 1.54) is 12.1 Å². The van der Waals surface area contributed by atoms with Crippen LogP contribution in [0.25, 0.3) is 0 Å². The molecule has 3 nitrogen and oxygen atoms in total. The lowest BCUT2D eigenvalue weighted by molar-refractivity contribution is -0.131. The SMILES string of the molecule is CC1NC(c2cccc(F)c2)N(CC(C)(C)C)C1=O. The van der Waals surface area contributed by atoms with E-state index < -0.39 is 0 Å². The monoisotopic (exact) mass is 264 g/mol. The Balaban J connectivity index is 2.30. The third kappa shape index (κ3) is 3.13. The first-order valence-corrected chi connectivity index (χ1v) is 6.60. The van der Waals surface area contributed by atoms with Crippen LogP contribution in [0.3, 0.4) is 0 Å². The number of amides is 1. The lowest BCUT2D eigenvalue weighted by atomic mass is 9.95. The van der Waals surface area contributed by atoms with Crippen LogP contribution in [0.4, 0.5) is 4.39 Å². The molecule has 1 aliphatic rings. The van der Waals surface area contributed by atoms with E-state index in [1.807, 2.05) is 13.0 Å². The summed E-state index contributed by atoms with van der Waals surface area (Å²) in [5.74, 6) is -0.203. The van der Waals surface area contributed by atoms with Gasteiger partial charge in [0.1, 0.15) is 12.0 Å². The van der Waals surface area contributed by atoms with Gasteiger partial charge in [0, 0.05) is 6.54 Å². The number of hydrogen-bond donors (Lipinski definition) is 1. The molecule has 2 rings (SSSR count). The Bertz CT molecular complexity index is 481. The topological polar surface area (TPSA) is 32.3 Å². The fourth-order valence-electron chi connectivity index (χ4n) is 2.41. The average Bonchev–Trinajstić information content (AvgIpc) is 2.55. The van der Waals surface area contributed by atoms with Gasteiger partial charge in [-0.3, -0.25) is 10.1 Å². The fraction of sp³-hybridized carbons (Fsp3) is 0.533. The van der Waals surface area contributed by atoms with E-state index >= 15 is 0 Å². The molecule has 2 unspecified atom stereocenters. The molecular weight excluding hydrogens is 243 g/mol. The summed E-state index contributed by atoms with van der Waals surface area (Å²) in [6, 6.07) is 6.20. The number of carbonyl (C=O) groups excluding carboxylic acids is 1.